The van der Waals surface area contributed by atoms with Gasteiger partial charge in [0.1, 0.15) is 4.60 Å². The predicted molar refractivity (Wildman–Crippen MR) is 85.8 cm³/mol. The van der Waals surface area contributed by atoms with Crippen molar-refractivity contribution >= 4 is 21.6 Å². The van der Waals surface area contributed by atoms with Gasteiger partial charge >= 0.3 is 0 Å². The van der Waals surface area contributed by atoms with Crippen LogP contribution in [-0.2, 0) is 6.54 Å². The highest BCUT2D eigenvalue weighted by Crippen LogP contribution is 2.22. The highest BCUT2D eigenvalue weighted by molar-refractivity contribution is 9.10. The van der Waals surface area contributed by atoms with E-state index in [0.717, 1.165) is 32.7 Å². The zero-order valence-electron chi connectivity index (χ0n) is 11.5. The van der Waals surface area contributed by atoms with Gasteiger partial charge in [0, 0.05) is 30.1 Å². The van der Waals surface area contributed by atoms with E-state index in [1.165, 1.54) is 0 Å². The Labute approximate surface area is 131 Å². The van der Waals surface area contributed by atoms with Crippen LogP contribution in [0.25, 0.3) is 11.3 Å². The van der Waals surface area contributed by atoms with Crippen molar-refractivity contribution < 1.29 is 0 Å². The van der Waals surface area contributed by atoms with E-state index in [4.69, 9.17) is 0 Å². The number of anilines is 1. The SMILES string of the molecule is Cc1cc(NCc2cn[nH]c2-c2cccnc2)cnc1Br. The molecule has 0 radical (unpaired) electrons. The molecule has 0 unspecified atom stereocenters. The third-order valence-corrected chi connectivity index (χ3v) is 4.00. The van der Waals surface area contributed by atoms with Gasteiger partial charge in [-0.15, -0.1) is 0 Å². The minimum atomic E-state index is 0.670. The average Bonchev–Trinajstić information content (AvgIpc) is 2.98. The van der Waals surface area contributed by atoms with Crippen molar-refractivity contribution in [1.82, 2.24) is 20.2 Å². The van der Waals surface area contributed by atoms with E-state index in [2.05, 4.69) is 47.5 Å². The van der Waals surface area contributed by atoms with Crippen LogP contribution in [0.2, 0.25) is 0 Å². The molecule has 2 N–H and O–H groups in total. The average molecular weight is 344 g/mol. The van der Waals surface area contributed by atoms with Gasteiger partial charge in [0.15, 0.2) is 0 Å². The number of hydrogen-bond donors (Lipinski definition) is 2. The summed E-state index contributed by atoms with van der Waals surface area (Å²) in [6.45, 7) is 2.69. The summed E-state index contributed by atoms with van der Waals surface area (Å²) in [6, 6.07) is 5.98. The summed E-state index contributed by atoms with van der Waals surface area (Å²) in [4.78, 5) is 8.42. The Balaban J connectivity index is 1.77. The lowest BCUT2D eigenvalue weighted by atomic mass is 10.1. The van der Waals surface area contributed by atoms with Gasteiger partial charge < -0.3 is 5.32 Å². The fourth-order valence-corrected chi connectivity index (χ4v) is 2.27. The normalized spacial score (nSPS) is 10.6. The van der Waals surface area contributed by atoms with Crippen LogP contribution in [0.5, 0.6) is 0 Å². The van der Waals surface area contributed by atoms with Crippen LogP contribution in [0.15, 0.2) is 47.6 Å². The van der Waals surface area contributed by atoms with Crippen molar-refractivity contribution in [2.45, 2.75) is 13.5 Å². The molecule has 106 valence electrons. The van der Waals surface area contributed by atoms with Crippen LogP contribution in [0, 0.1) is 6.92 Å². The molecule has 0 aliphatic rings. The van der Waals surface area contributed by atoms with Gasteiger partial charge in [0.2, 0.25) is 0 Å². The van der Waals surface area contributed by atoms with Crippen molar-refractivity contribution in [3.05, 3.63) is 58.7 Å². The highest BCUT2D eigenvalue weighted by Gasteiger charge is 2.08. The molecule has 0 aliphatic carbocycles. The molecule has 3 aromatic heterocycles. The highest BCUT2D eigenvalue weighted by atomic mass is 79.9. The molecule has 3 aromatic rings. The fourth-order valence-electron chi connectivity index (χ4n) is 2.06. The van der Waals surface area contributed by atoms with Crippen molar-refractivity contribution in [2.75, 3.05) is 5.32 Å². The lowest BCUT2D eigenvalue weighted by molar-refractivity contribution is 1.09. The number of nitrogens with zero attached hydrogens (tertiary/aromatic N) is 3. The molecule has 0 saturated heterocycles. The zero-order chi connectivity index (χ0) is 14.7. The minimum Gasteiger partial charge on any atom is -0.380 e. The van der Waals surface area contributed by atoms with Gasteiger partial charge in [-0.25, -0.2) is 4.98 Å². The molecule has 0 atom stereocenters. The Hall–Kier alpha value is -2.21. The maximum Gasteiger partial charge on any atom is 0.109 e. The molecule has 0 aromatic carbocycles. The van der Waals surface area contributed by atoms with E-state index in [1.54, 1.807) is 12.4 Å². The maximum atomic E-state index is 4.28. The van der Waals surface area contributed by atoms with Gasteiger partial charge in [-0.05, 0) is 46.6 Å². The smallest absolute Gasteiger partial charge is 0.109 e. The Bertz CT molecular complexity index is 739. The first-order valence-electron chi connectivity index (χ1n) is 6.52. The third-order valence-electron chi connectivity index (χ3n) is 3.17. The molecular formula is C15H14BrN5. The van der Waals surface area contributed by atoms with Crippen molar-refractivity contribution in [1.29, 1.82) is 0 Å². The molecule has 0 fully saturated rings. The molecule has 0 spiro atoms. The minimum absolute atomic E-state index is 0.670. The lowest BCUT2D eigenvalue weighted by Gasteiger charge is -2.08. The summed E-state index contributed by atoms with van der Waals surface area (Å²) in [5.41, 5.74) is 5.17. The number of H-pyrrole nitrogens is 1. The zero-order valence-corrected chi connectivity index (χ0v) is 13.1. The Morgan fingerprint density at radius 2 is 2.19 bits per heavy atom. The van der Waals surface area contributed by atoms with Crippen LogP contribution in [0.4, 0.5) is 5.69 Å². The van der Waals surface area contributed by atoms with Gasteiger partial charge in [0.25, 0.3) is 0 Å². The molecular weight excluding hydrogens is 330 g/mol. The van der Waals surface area contributed by atoms with Crippen LogP contribution >= 0.6 is 15.9 Å². The second-order valence-corrected chi connectivity index (χ2v) is 5.45. The quantitative estimate of drug-likeness (QED) is 0.711. The molecule has 3 heterocycles. The third kappa shape index (κ3) is 3.11. The van der Waals surface area contributed by atoms with Crippen molar-refractivity contribution in [2.24, 2.45) is 0 Å². The first-order valence-corrected chi connectivity index (χ1v) is 7.32. The number of rotatable bonds is 4. The van der Waals surface area contributed by atoms with Crippen LogP contribution in [0.1, 0.15) is 11.1 Å². The first kappa shape index (κ1) is 13.8. The van der Waals surface area contributed by atoms with E-state index >= 15 is 0 Å². The van der Waals surface area contributed by atoms with Crippen molar-refractivity contribution in [3.8, 4) is 11.3 Å². The summed E-state index contributed by atoms with van der Waals surface area (Å²) in [5, 5.41) is 10.5. The van der Waals surface area contributed by atoms with E-state index in [-0.39, 0.29) is 0 Å². The summed E-state index contributed by atoms with van der Waals surface area (Å²) in [6.07, 6.45) is 7.21. The Kier molecular flexibility index (Phi) is 3.96. The summed E-state index contributed by atoms with van der Waals surface area (Å²) < 4.78 is 0.868. The number of aromatic nitrogens is 4. The molecule has 0 bridgehead atoms. The number of nitrogens with one attached hydrogen (secondary N) is 2. The van der Waals surface area contributed by atoms with Crippen molar-refractivity contribution in [3.63, 3.8) is 0 Å². The van der Waals surface area contributed by atoms with Crippen LogP contribution in [-0.4, -0.2) is 20.2 Å². The fraction of sp³-hybridized carbons (Fsp3) is 0.133. The van der Waals surface area contributed by atoms with Gasteiger partial charge in [-0.1, -0.05) is 0 Å². The molecule has 0 saturated carbocycles. The number of aromatic amines is 1. The number of halogens is 1. The molecule has 0 aliphatic heterocycles. The van der Waals surface area contributed by atoms with Crippen LogP contribution < -0.4 is 5.32 Å². The largest absolute Gasteiger partial charge is 0.380 e. The van der Waals surface area contributed by atoms with E-state index in [0.29, 0.717) is 6.54 Å². The molecule has 6 heteroatoms. The molecule has 5 nitrogen and oxygen atoms in total. The Morgan fingerprint density at radius 1 is 1.29 bits per heavy atom. The molecule has 0 amide bonds. The summed E-state index contributed by atoms with van der Waals surface area (Å²) in [7, 11) is 0. The summed E-state index contributed by atoms with van der Waals surface area (Å²) in [5.74, 6) is 0. The second-order valence-electron chi connectivity index (χ2n) is 4.70. The van der Waals surface area contributed by atoms with Crippen LogP contribution in [0.3, 0.4) is 0 Å². The number of pyridine rings is 2. The lowest BCUT2D eigenvalue weighted by Crippen LogP contribution is -2.01. The molecule has 3 rings (SSSR count). The number of aryl methyl sites for hydroxylation is 1. The maximum absolute atomic E-state index is 4.28. The topological polar surface area (TPSA) is 66.5 Å². The monoisotopic (exact) mass is 343 g/mol. The van der Waals surface area contributed by atoms with E-state index < -0.39 is 0 Å². The van der Waals surface area contributed by atoms with E-state index in [1.807, 2.05) is 31.5 Å². The predicted octanol–water partition coefficient (Wildman–Crippen LogP) is 3.55. The second kappa shape index (κ2) is 6.05. The number of hydrogen-bond acceptors (Lipinski definition) is 4. The van der Waals surface area contributed by atoms with Gasteiger partial charge in [-0.2, -0.15) is 5.10 Å². The Morgan fingerprint density at radius 3 is 2.95 bits per heavy atom. The van der Waals surface area contributed by atoms with Gasteiger partial charge in [0.05, 0.1) is 23.8 Å². The standard InChI is InChI=1S/C15H14BrN5/c1-10-5-13(9-19-15(10)16)18-7-12-8-20-21-14(12)11-3-2-4-17-6-11/h2-6,8-9,18H,7H2,1H3,(H,20,21). The summed E-state index contributed by atoms with van der Waals surface area (Å²) >= 11 is 3.40. The molecule has 21 heavy (non-hydrogen) atoms. The van der Waals surface area contributed by atoms with E-state index in [9.17, 15) is 0 Å². The van der Waals surface area contributed by atoms with Gasteiger partial charge in [-0.3, -0.25) is 10.1 Å². The first-order chi connectivity index (χ1) is 10.2.